The number of aryl methyl sites for hydroxylation is 1. The van der Waals surface area contributed by atoms with Crippen LogP contribution in [0.5, 0.6) is 5.75 Å². The van der Waals surface area contributed by atoms with Crippen molar-refractivity contribution < 1.29 is 4.74 Å². The number of nitrogens with zero attached hydrogens (tertiary/aromatic N) is 3. The molecular weight excluding hydrogens is 380 g/mol. The van der Waals surface area contributed by atoms with Gasteiger partial charge in [-0.1, -0.05) is 6.07 Å². The van der Waals surface area contributed by atoms with E-state index in [1.165, 1.54) is 11.4 Å². The fraction of sp³-hybridized carbons (Fsp3) is 0.304. The van der Waals surface area contributed by atoms with Gasteiger partial charge in [0.05, 0.1) is 17.8 Å². The zero-order valence-electron chi connectivity index (χ0n) is 17.2. The second-order valence-electron chi connectivity index (χ2n) is 7.62. The van der Waals surface area contributed by atoms with Crippen molar-refractivity contribution in [2.75, 3.05) is 4.90 Å². The SMILES string of the molecule is Cc1ccc(C2C(c3ccccn3)NC(=S)N2c2ccc(OC(C)C)cc2)n1C. The molecule has 0 amide bonds. The van der Waals surface area contributed by atoms with E-state index in [2.05, 4.69) is 58.0 Å². The zero-order chi connectivity index (χ0) is 20.5. The van der Waals surface area contributed by atoms with Crippen LogP contribution in [0.2, 0.25) is 0 Å². The normalized spacial score (nSPS) is 18.9. The van der Waals surface area contributed by atoms with Gasteiger partial charge in [0.2, 0.25) is 0 Å². The summed E-state index contributed by atoms with van der Waals surface area (Å²) in [5, 5.41) is 4.20. The summed E-state index contributed by atoms with van der Waals surface area (Å²) >= 11 is 5.78. The fourth-order valence-electron chi connectivity index (χ4n) is 3.82. The largest absolute Gasteiger partial charge is 0.491 e. The van der Waals surface area contributed by atoms with E-state index < -0.39 is 0 Å². The van der Waals surface area contributed by atoms with Crippen LogP contribution in [0.3, 0.4) is 0 Å². The lowest BCUT2D eigenvalue weighted by Gasteiger charge is -2.28. The molecule has 150 valence electrons. The molecule has 2 unspecified atom stereocenters. The van der Waals surface area contributed by atoms with E-state index in [-0.39, 0.29) is 18.2 Å². The van der Waals surface area contributed by atoms with Crippen LogP contribution in [0.25, 0.3) is 0 Å². The predicted molar refractivity (Wildman–Crippen MR) is 120 cm³/mol. The smallest absolute Gasteiger partial charge is 0.174 e. The molecule has 4 rings (SSSR count). The van der Waals surface area contributed by atoms with Crippen molar-refractivity contribution in [3.8, 4) is 5.75 Å². The molecule has 29 heavy (non-hydrogen) atoms. The van der Waals surface area contributed by atoms with Gasteiger partial charge in [-0.05, 0) is 81.5 Å². The Hall–Kier alpha value is -2.86. The number of hydrogen-bond acceptors (Lipinski definition) is 3. The summed E-state index contributed by atoms with van der Waals surface area (Å²) in [5.74, 6) is 0.856. The van der Waals surface area contributed by atoms with Crippen LogP contribution < -0.4 is 15.0 Å². The third kappa shape index (κ3) is 3.72. The number of hydrogen-bond donors (Lipinski definition) is 1. The molecule has 0 spiro atoms. The Morgan fingerprint density at radius 2 is 1.83 bits per heavy atom. The van der Waals surface area contributed by atoms with Crippen LogP contribution in [-0.4, -0.2) is 20.8 Å². The van der Waals surface area contributed by atoms with Crippen molar-refractivity contribution in [3.05, 3.63) is 77.9 Å². The summed E-state index contributed by atoms with van der Waals surface area (Å²) in [7, 11) is 2.10. The Labute approximate surface area is 177 Å². The van der Waals surface area contributed by atoms with E-state index in [9.17, 15) is 0 Å². The lowest BCUT2D eigenvalue weighted by atomic mass is 10.0. The van der Waals surface area contributed by atoms with Crippen LogP contribution in [0.1, 0.15) is 43.0 Å². The molecule has 2 atom stereocenters. The molecule has 1 N–H and O–H groups in total. The van der Waals surface area contributed by atoms with E-state index >= 15 is 0 Å². The first kappa shape index (κ1) is 19.5. The number of nitrogens with one attached hydrogen (secondary N) is 1. The molecule has 1 aliphatic rings. The van der Waals surface area contributed by atoms with E-state index in [1.807, 2.05) is 50.4 Å². The number of rotatable bonds is 5. The second-order valence-corrected chi connectivity index (χ2v) is 8.00. The minimum atomic E-state index is -0.0386. The summed E-state index contributed by atoms with van der Waals surface area (Å²) < 4.78 is 8.02. The van der Waals surface area contributed by atoms with Crippen molar-refractivity contribution >= 4 is 23.0 Å². The van der Waals surface area contributed by atoms with Crippen LogP contribution in [0, 0.1) is 6.92 Å². The average Bonchev–Trinajstić information content (AvgIpc) is 3.22. The monoisotopic (exact) mass is 406 g/mol. The quantitative estimate of drug-likeness (QED) is 0.623. The first-order chi connectivity index (χ1) is 14.0. The Bertz CT molecular complexity index is 997. The molecule has 5 nitrogen and oxygen atoms in total. The lowest BCUT2D eigenvalue weighted by Crippen LogP contribution is -2.30. The van der Waals surface area contributed by atoms with Crippen molar-refractivity contribution in [1.82, 2.24) is 14.9 Å². The van der Waals surface area contributed by atoms with Gasteiger partial charge in [0, 0.05) is 30.3 Å². The molecule has 1 aromatic carbocycles. The maximum absolute atomic E-state index is 5.80. The first-order valence-corrected chi connectivity index (χ1v) is 10.3. The highest BCUT2D eigenvalue weighted by Gasteiger charge is 2.41. The molecule has 0 bridgehead atoms. The summed E-state index contributed by atoms with van der Waals surface area (Å²) in [4.78, 5) is 6.79. The van der Waals surface area contributed by atoms with Gasteiger partial charge in [-0.15, -0.1) is 0 Å². The second kappa shape index (κ2) is 7.87. The highest BCUT2D eigenvalue weighted by molar-refractivity contribution is 7.80. The average molecular weight is 407 g/mol. The standard InChI is InChI=1S/C23H26N4OS/c1-15(2)28-18-11-9-17(10-12-18)27-22(20-13-8-16(3)26(20)4)21(25-23(27)29)19-7-5-6-14-24-19/h5-15,21-22H,1-4H3,(H,25,29). The van der Waals surface area contributed by atoms with E-state index in [4.69, 9.17) is 17.0 Å². The van der Waals surface area contributed by atoms with Crippen molar-refractivity contribution in [2.24, 2.45) is 7.05 Å². The van der Waals surface area contributed by atoms with E-state index in [0.29, 0.717) is 5.11 Å². The Kier molecular flexibility index (Phi) is 5.28. The number of aromatic nitrogens is 2. The topological polar surface area (TPSA) is 42.3 Å². The van der Waals surface area contributed by atoms with Crippen LogP contribution in [0.15, 0.2) is 60.8 Å². The van der Waals surface area contributed by atoms with Gasteiger partial charge >= 0.3 is 0 Å². The summed E-state index contributed by atoms with van der Waals surface area (Å²) in [6.07, 6.45) is 1.97. The van der Waals surface area contributed by atoms with Crippen LogP contribution >= 0.6 is 12.2 Å². The maximum Gasteiger partial charge on any atom is 0.174 e. The zero-order valence-corrected chi connectivity index (χ0v) is 18.0. The highest BCUT2D eigenvalue weighted by atomic mass is 32.1. The van der Waals surface area contributed by atoms with Gasteiger partial charge in [0.1, 0.15) is 11.8 Å². The van der Waals surface area contributed by atoms with Gasteiger partial charge in [0.25, 0.3) is 0 Å². The molecule has 0 aliphatic carbocycles. The molecule has 0 saturated carbocycles. The van der Waals surface area contributed by atoms with Gasteiger partial charge in [-0.2, -0.15) is 0 Å². The Morgan fingerprint density at radius 3 is 2.41 bits per heavy atom. The van der Waals surface area contributed by atoms with Gasteiger partial charge in [-0.3, -0.25) is 4.98 Å². The summed E-state index contributed by atoms with van der Waals surface area (Å²) in [6.45, 7) is 6.17. The molecule has 3 aromatic rings. The van der Waals surface area contributed by atoms with Crippen LogP contribution in [-0.2, 0) is 7.05 Å². The highest BCUT2D eigenvalue weighted by Crippen LogP contribution is 2.42. The third-order valence-electron chi connectivity index (χ3n) is 5.30. The Morgan fingerprint density at radius 1 is 1.07 bits per heavy atom. The third-order valence-corrected chi connectivity index (χ3v) is 5.61. The molecule has 2 aromatic heterocycles. The molecule has 1 aliphatic heterocycles. The van der Waals surface area contributed by atoms with E-state index in [0.717, 1.165) is 17.1 Å². The summed E-state index contributed by atoms with van der Waals surface area (Å²) in [5.41, 5.74) is 4.40. The molecule has 3 heterocycles. The number of thiocarbonyl (C=S) groups is 1. The van der Waals surface area contributed by atoms with Crippen molar-refractivity contribution in [2.45, 2.75) is 39.0 Å². The number of benzene rings is 1. The first-order valence-electron chi connectivity index (χ1n) is 9.85. The molecule has 0 radical (unpaired) electrons. The molecule has 1 fully saturated rings. The predicted octanol–water partition coefficient (Wildman–Crippen LogP) is 4.69. The van der Waals surface area contributed by atoms with Gasteiger partial charge in [0.15, 0.2) is 5.11 Å². The van der Waals surface area contributed by atoms with Gasteiger partial charge < -0.3 is 19.5 Å². The lowest BCUT2D eigenvalue weighted by molar-refractivity contribution is 0.242. The van der Waals surface area contributed by atoms with E-state index in [1.54, 1.807) is 0 Å². The van der Waals surface area contributed by atoms with Crippen LogP contribution in [0.4, 0.5) is 5.69 Å². The maximum atomic E-state index is 5.80. The number of ether oxygens (including phenoxy) is 1. The molecular formula is C23H26N4OS. The molecule has 6 heteroatoms. The van der Waals surface area contributed by atoms with Crippen molar-refractivity contribution in [3.63, 3.8) is 0 Å². The number of pyridine rings is 1. The minimum Gasteiger partial charge on any atom is -0.491 e. The Balaban J connectivity index is 1.77. The number of anilines is 1. The van der Waals surface area contributed by atoms with Gasteiger partial charge in [-0.25, -0.2) is 0 Å². The molecule has 1 saturated heterocycles. The fourth-order valence-corrected chi connectivity index (χ4v) is 4.17. The summed E-state index contributed by atoms with van der Waals surface area (Å²) in [6, 6.07) is 18.4. The van der Waals surface area contributed by atoms with Crippen molar-refractivity contribution in [1.29, 1.82) is 0 Å². The minimum absolute atomic E-state index is 0.00651.